The van der Waals surface area contributed by atoms with Gasteiger partial charge in [-0.05, 0) is 55.5 Å². The number of benzene rings is 3. The van der Waals surface area contributed by atoms with E-state index in [1.807, 2.05) is 13.0 Å². The number of hydrogen-bond donors (Lipinski definition) is 1. The molecule has 4 rings (SSSR count). The van der Waals surface area contributed by atoms with E-state index in [0.717, 1.165) is 16.9 Å². The molecule has 0 aliphatic rings. The molecule has 0 unspecified atom stereocenters. The second-order valence-electron chi connectivity index (χ2n) is 7.43. The highest BCUT2D eigenvalue weighted by Gasteiger charge is 2.19. The Labute approximate surface area is 216 Å². The number of rotatable bonds is 7. The summed E-state index contributed by atoms with van der Waals surface area (Å²) in [7, 11) is -4.14. The molecule has 1 heterocycles. The van der Waals surface area contributed by atoms with Crippen LogP contribution in [0.3, 0.4) is 0 Å². The molecule has 8 nitrogen and oxygen atoms in total. The molecular formula is C25H17ClN4O4S2. The maximum atomic E-state index is 12.8. The van der Waals surface area contributed by atoms with Gasteiger partial charge >= 0.3 is 10.1 Å². The zero-order valence-corrected chi connectivity index (χ0v) is 21.1. The summed E-state index contributed by atoms with van der Waals surface area (Å²) in [5, 5.41) is 21.0. The van der Waals surface area contributed by atoms with Crippen LogP contribution < -0.4 is 9.50 Å². The Kier molecular flexibility index (Phi) is 7.45. The van der Waals surface area contributed by atoms with Gasteiger partial charge in [-0.15, -0.1) is 10.2 Å². The molecule has 0 atom stereocenters. The Morgan fingerprint density at radius 2 is 1.81 bits per heavy atom. The Bertz CT molecular complexity index is 1590. The van der Waals surface area contributed by atoms with Crippen molar-refractivity contribution in [3.05, 3.63) is 99.5 Å². The molecule has 0 spiro atoms. The van der Waals surface area contributed by atoms with Crippen LogP contribution in [0.2, 0.25) is 5.02 Å². The molecule has 36 heavy (non-hydrogen) atoms. The second kappa shape index (κ2) is 10.7. The first-order valence-electron chi connectivity index (χ1n) is 10.4. The number of aromatic nitrogens is 2. The number of nitrogens with zero attached hydrogens (tertiary/aromatic N) is 3. The monoisotopic (exact) mass is 536 g/mol. The number of amides is 1. The van der Waals surface area contributed by atoms with Crippen molar-refractivity contribution in [2.24, 2.45) is 0 Å². The van der Waals surface area contributed by atoms with Gasteiger partial charge in [-0.1, -0.05) is 58.8 Å². The molecule has 11 heteroatoms. The molecule has 3 aromatic carbocycles. The average Bonchev–Trinajstić information content (AvgIpc) is 3.33. The molecule has 0 bridgehead atoms. The number of aryl methyl sites for hydroxylation is 1. The summed E-state index contributed by atoms with van der Waals surface area (Å²) < 4.78 is 31.0. The van der Waals surface area contributed by atoms with E-state index in [2.05, 4.69) is 15.5 Å². The number of nitrogens with one attached hydrogen (secondary N) is 1. The number of carbonyl (C=O) groups excluding carboxylic acids is 1. The van der Waals surface area contributed by atoms with E-state index in [-0.39, 0.29) is 37.8 Å². The predicted octanol–water partition coefficient (Wildman–Crippen LogP) is 5.58. The quantitative estimate of drug-likeness (QED) is 0.241. The van der Waals surface area contributed by atoms with Gasteiger partial charge in [-0.3, -0.25) is 10.1 Å². The van der Waals surface area contributed by atoms with Crippen LogP contribution in [0.4, 0.5) is 5.13 Å². The standard InChI is InChI=1S/C25H17ClN4O4S2/c1-16-7-10-21(11-8-16)36(32,33)34-22-12-9-20(26)14-18(22)13-19(15-27)24-29-30-25(35-24)28-23(31)17-5-3-2-4-6-17/h2-14H,1H3,(H,28,30,31)/b19-13+. The Morgan fingerprint density at radius 3 is 2.50 bits per heavy atom. The molecule has 0 aliphatic heterocycles. The van der Waals surface area contributed by atoms with Gasteiger partial charge in [0, 0.05) is 16.1 Å². The normalized spacial score (nSPS) is 11.5. The van der Waals surface area contributed by atoms with Gasteiger partial charge < -0.3 is 4.18 Å². The first-order chi connectivity index (χ1) is 17.2. The largest absolute Gasteiger partial charge is 0.378 e. The van der Waals surface area contributed by atoms with E-state index in [1.165, 1.54) is 36.4 Å². The minimum atomic E-state index is -4.14. The fourth-order valence-corrected chi connectivity index (χ4v) is 4.86. The van der Waals surface area contributed by atoms with Gasteiger partial charge in [-0.2, -0.15) is 13.7 Å². The van der Waals surface area contributed by atoms with E-state index >= 15 is 0 Å². The van der Waals surface area contributed by atoms with Crippen LogP contribution in [0, 0.1) is 18.3 Å². The molecule has 0 saturated carbocycles. The first-order valence-corrected chi connectivity index (χ1v) is 13.0. The second-order valence-corrected chi connectivity index (χ2v) is 10.4. The maximum Gasteiger partial charge on any atom is 0.339 e. The van der Waals surface area contributed by atoms with Crippen LogP contribution in [0.1, 0.15) is 26.5 Å². The SMILES string of the molecule is Cc1ccc(S(=O)(=O)Oc2ccc(Cl)cc2/C=C(\C#N)c2nnc(NC(=O)c3ccccc3)s2)cc1. The summed E-state index contributed by atoms with van der Waals surface area (Å²) in [6, 6.07) is 21.2. The van der Waals surface area contributed by atoms with Gasteiger partial charge in [0.15, 0.2) is 5.01 Å². The summed E-state index contributed by atoms with van der Waals surface area (Å²) in [5.41, 5.74) is 1.67. The van der Waals surface area contributed by atoms with E-state index in [9.17, 15) is 18.5 Å². The van der Waals surface area contributed by atoms with Gasteiger partial charge in [-0.25, -0.2) is 0 Å². The number of carbonyl (C=O) groups is 1. The van der Waals surface area contributed by atoms with Crippen molar-refractivity contribution >= 4 is 55.7 Å². The summed E-state index contributed by atoms with van der Waals surface area (Å²) in [4.78, 5) is 12.4. The zero-order chi connectivity index (χ0) is 25.7. The number of hydrogen-bond acceptors (Lipinski definition) is 8. The Hall–Kier alpha value is -4.04. The lowest BCUT2D eigenvalue weighted by molar-refractivity contribution is 0.102. The molecule has 0 aliphatic carbocycles. The van der Waals surface area contributed by atoms with Crippen LogP contribution in [-0.4, -0.2) is 24.5 Å². The molecule has 4 aromatic rings. The van der Waals surface area contributed by atoms with Crippen molar-refractivity contribution in [3.8, 4) is 11.8 Å². The lowest BCUT2D eigenvalue weighted by Gasteiger charge is -2.10. The lowest BCUT2D eigenvalue weighted by atomic mass is 10.1. The van der Waals surface area contributed by atoms with Gasteiger partial charge in [0.05, 0.1) is 5.57 Å². The summed E-state index contributed by atoms with van der Waals surface area (Å²) in [6.07, 6.45) is 1.40. The third kappa shape index (κ3) is 5.95. The van der Waals surface area contributed by atoms with Gasteiger partial charge in [0.1, 0.15) is 16.7 Å². The number of halogens is 1. The minimum absolute atomic E-state index is 0.0126. The van der Waals surface area contributed by atoms with Crippen molar-refractivity contribution in [2.75, 3.05) is 5.32 Å². The van der Waals surface area contributed by atoms with E-state index in [0.29, 0.717) is 10.6 Å². The highest BCUT2D eigenvalue weighted by molar-refractivity contribution is 7.87. The molecule has 180 valence electrons. The average molecular weight is 537 g/mol. The topological polar surface area (TPSA) is 122 Å². The molecule has 0 fully saturated rings. The molecule has 1 amide bonds. The zero-order valence-electron chi connectivity index (χ0n) is 18.7. The number of allylic oxidation sites excluding steroid dienone is 1. The van der Waals surface area contributed by atoms with E-state index in [4.69, 9.17) is 15.8 Å². The number of nitriles is 1. The van der Waals surface area contributed by atoms with Crippen LogP contribution >= 0.6 is 22.9 Å². The van der Waals surface area contributed by atoms with Crippen LogP contribution in [0.25, 0.3) is 11.6 Å². The lowest BCUT2D eigenvalue weighted by Crippen LogP contribution is -2.11. The highest BCUT2D eigenvalue weighted by Crippen LogP contribution is 2.31. The Morgan fingerprint density at radius 1 is 1.08 bits per heavy atom. The van der Waals surface area contributed by atoms with Crippen molar-refractivity contribution in [1.29, 1.82) is 5.26 Å². The highest BCUT2D eigenvalue weighted by atomic mass is 35.5. The summed E-state index contributed by atoms with van der Waals surface area (Å²) in [5.74, 6) is -0.387. The predicted molar refractivity (Wildman–Crippen MR) is 138 cm³/mol. The van der Waals surface area contributed by atoms with E-state index < -0.39 is 10.1 Å². The van der Waals surface area contributed by atoms with E-state index in [1.54, 1.807) is 42.5 Å². The van der Waals surface area contributed by atoms with Crippen LogP contribution in [-0.2, 0) is 10.1 Å². The van der Waals surface area contributed by atoms with Gasteiger partial charge in [0.2, 0.25) is 5.13 Å². The molecule has 1 N–H and O–H groups in total. The minimum Gasteiger partial charge on any atom is -0.378 e. The fourth-order valence-electron chi connectivity index (χ4n) is 3.02. The van der Waals surface area contributed by atoms with Crippen LogP contribution in [0.5, 0.6) is 5.75 Å². The van der Waals surface area contributed by atoms with Crippen molar-refractivity contribution < 1.29 is 17.4 Å². The molecule has 0 saturated heterocycles. The molecular weight excluding hydrogens is 520 g/mol. The summed E-state index contributed by atoms with van der Waals surface area (Å²) >= 11 is 7.12. The third-order valence-electron chi connectivity index (χ3n) is 4.81. The Balaban J connectivity index is 1.62. The van der Waals surface area contributed by atoms with Crippen molar-refractivity contribution in [2.45, 2.75) is 11.8 Å². The molecule has 1 aromatic heterocycles. The van der Waals surface area contributed by atoms with Crippen molar-refractivity contribution in [1.82, 2.24) is 10.2 Å². The fraction of sp³-hybridized carbons (Fsp3) is 0.0400. The smallest absolute Gasteiger partial charge is 0.339 e. The summed E-state index contributed by atoms with van der Waals surface area (Å²) in [6.45, 7) is 1.84. The van der Waals surface area contributed by atoms with Gasteiger partial charge in [0.25, 0.3) is 5.91 Å². The van der Waals surface area contributed by atoms with Crippen LogP contribution in [0.15, 0.2) is 77.7 Å². The first kappa shape index (κ1) is 25.1. The molecule has 0 radical (unpaired) electrons. The van der Waals surface area contributed by atoms with Crippen molar-refractivity contribution in [3.63, 3.8) is 0 Å². The third-order valence-corrected chi connectivity index (χ3v) is 7.17. The maximum absolute atomic E-state index is 12.8. The number of anilines is 1.